The second kappa shape index (κ2) is 3.68. The predicted molar refractivity (Wildman–Crippen MR) is 37.4 cm³/mol. The molecular weight excluding hydrogens is 187 g/mol. The molecule has 13 heavy (non-hydrogen) atoms. The van der Waals surface area contributed by atoms with Crippen LogP contribution >= 0.6 is 0 Å². The number of ether oxygens (including phenoxy) is 1. The molecule has 0 unspecified atom stereocenters. The Bertz CT molecular complexity index is 269. The highest BCUT2D eigenvalue weighted by Gasteiger charge is 2.29. The number of alkyl halides is 3. The maximum Gasteiger partial charge on any atom is 0.422 e. The Kier molecular flexibility index (Phi) is 2.79. The van der Waals surface area contributed by atoms with Crippen LogP contribution in [0, 0.1) is 0 Å². The topological polar surface area (TPSA) is 35.3 Å². The van der Waals surface area contributed by atoms with Crippen molar-refractivity contribution >= 4 is 0 Å². The van der Waals surface area contributed by atoms with Crippen LogP contribution < -0.4 is 4.74 Å². The van der Waals surface area contributed by atoms with Crippen molar-refractivity contribution in [3.8, 4) is 5.95 Å². The molecule has 0 bridgehead atoms. The van der Waals surface area contributed by atoms with E-state index in [1.165, 1.54) is 6.07 Å². The standard InChI is InChI=1S/C7H8F3NO2/c1-2-5-3-6(13-11-5)12-4-7(8,9)10/h3H,2,4H2,1H3. The lowest BCUT2D eigenvalue weighted by atomic mass is 10.3. The van der Waals surface area contributed by atoms with E-state index < -0.39 is 12.8 Å². The number of aromatic nitrogens is 1. The second-order valence-corrected chi connectivity index (χ2v) is 2.39. The van der Waals surface area contributed by atoms with Gasteiger partial charge in [-0.05, 0) is 6.42 Å². The Balaban J connectivity index is 2.46. The van der Waals surface area contributed by atoms with Crippen LogP contribution in [-0.4, -0.2) is 17.9 Å². The molecule has 74 valence electrons. The van der Waals surface area contributed by atoms with Crippen LogP contribution in [0.4, 0.5) is 13.2 Å². The van der Waals surface area contributed by atoms with Gasteiger partial charge in [0.15, 0.2) is 6.61 Å². The number of rotatable bonds is 3. The summed E-state index contributed by atoms with van der Waals surface area (Å²) in [6.07, 6.45) is -3.75. The quantitative estimate of drug-likeness (QED) is 0.741. The summed E-state index contributed by atoms with van der Waals surface area (Å²) in [6, 6.07) is 1.34. The molecule has 0 saturated heterocycles. The van der Waals surface area contributed by atoms with Gasteiger partial charge in [0.2, 0.25) is 0 Å². The molecule has 1 heterocycles. The minimum absolute atomic E-state index is 0.200. The fraction of sp³-hybridized carbons (Fsp3) is 0.571. The zero-order chi connectivity index (χ0) is 9.90. The molecule has 0 amide bonds. The van der Waals surface area contributed by atoms with Gasteiger partial charge in [0, 0.05) is 6.07 Å². The first-order chi connectivity index (χ1) is 6.01. The largest absolute Gasteiger partial charge is 0.454 e. The molecule has 0 spiro atoms. The van der Waals surface area contributed by atoms with Crippen LogP contribution in [0.15, 0.2) is 10.6 Å². The van der Waals surface area contributed by atoms with E-state index in [2.05, 4.69) is 14.4 Å². The van der Waals surface area contributed by atoms with Crippen molar-refractivity contribution in [1.29, 1.82) is 0 Å². The van der Waals surface area contributed by atoms with Gasteiger partial charge in [-0.1, -0.05) is 12.1 Å². The molecule has 0 aromatic carbocycles. The maximum atomic E-state index is 11.6. The summed E-state index contributed by atoms with van der Waals surface area (Å²) in [5.41, 5.74) is 0.567. The zero-order valence-electron chi connectivity index (χ0n) is 6.89. The van der Waals surface area contributed by atoms with Crippen molar-refractivity contribution in [3.63, 3.8) is 0 Å². The summed E-state index contributed by atoms with van der Waals surface area (Å²) < 4.78 is 43.7. The first-order valence-corrected chi connectivity index (χ1v) is 3.66. The summed E-state index contributed by atoms with van der Waals surface area (Å²) in [7, 11) is 0. The average molecular weight is 195 g/mol. The molecule has 0 fully saturated rings. The van der Waals surface area contributed by atoms with Crippen LogP contribution in [0.3, 0.4) is 0 Å². The Morgan fingerprint density at radius 2 is 2.23 bits per heavy atom. The lowest BCUT2D eigenvalue weighted by molar-refractivity contribution is -0.156. The summed E-state index contributed by atoms with van der Waals surface area (Å²) in [4.78, 5) is 0. The molecule has 1 aromatic heterocycles. The summed E-state index contributed by atoms with van der Waals surface area (Å²) in [6.45, 7) is 0.455. The highest BCUT2D eigenvalue weighted by molar-refractivity contribution is 5.09. The van der Waals surface area contributed by atoms with Crippen molar-refractivity contribution < 1.29 is 22.4 Å². The first-order valence-electron chi connectivity index (χ1n) is 3.66. The average Bonchev–Trinajstić information content (AvgIpc) is 2.47. The molecule has 0 aliphatic heterocycles. The first kappa shape index (κ1) is 9.88. The van der Waals surface area contributed by atoms with E-state index in [4.69, 9.17) is 0 Å². The SMILES string of the molecule is CCc1cc(OCC(F)(F)F)on1. The molecular formula is C7H8F3NO2. The van der Waals surface area contributed by atoms with Gasteiger partial charge >= 0.3 is 12.1 Å². The van der Waals surface area contributed by atoms with Gasteiger partial charge in [0.25, 0.3) is 0 Å². The van der Waals surface area contributed by atoms with E-state index in [9.17, 15) is 13.2 Å². The third-order valence-corrected chi connectivity index (χ3v) is 1.28. The van der Waals surface area contributed by atoms with Gasteiger partial charge in [-0.3, -0.25) is 0 Å². The maximum absolute atomic E-state index is 11.6. The Hall–Kier alpha value is -1.20. The highest BCUT2D eigenvalue weighted by atomic mass is 19.4. The van der Waals surface area contributed by atoms with E-state index in [-0.39, 0.29) is 5.95 Å². The van der Waals surface area contributed by atoms with Gasteiger partial charge < -0.3 is 9.26 Å². The van der Waals surface area contributed by atoms with Crippen LogP contribution in [0.5, 0.6) is 5.95 Å². The molecule has 3 nitrogen and oxygen atoms in total. The summed E-state index contributed by atoms with van der Waals surface area (Å²) in [5.74, 6) is -0.200. The normalized spacial score (nSPS) is 11.7. The molecule has 1 rings (SSSR count). The minimum atomic E-state index is -4.35. The molecule has 6 heteroatoms. The van der Waals surface area contributed by atoms with Crippen LogP contribution in [0.25, 0.3) is 0 Å². The van der Waals surface area contributed by atoms with Gasteiger partial charge in [-0.15, -0.1) is 0 Å². The van der Waals surface area contributed by atoms with Crippen molar-refractivity contribution in [3.05, 3.63) is 11.8 Å². The van der Waals surface area contributed by atoms with Crippen molar-refractivity contribution in [1.82, 2.24) is 5.16 Å². The van der Waals surface area contributed by atoms with Crippen LogP contribution in [-0.2, 0) is 6.42 Å². The Labute approximate surface area is 72.5 Å². The van der Waals surface area contributed by atoms with Crippen molar-refractivity contribution in [2.45, 2.75) is 19.5 Å². The Morgan fingerprint density at radius 3 is 2.69 bits per heavy atom. The van der Waals surface area contributed by atoms with Gasteiger partial charge in [0.05, 0.1) is 5.69 Å². The van der Waals surface area contributed by atoms with E-state index in [0.717, 1.165) is 0 Å². The van der Waals surface area contributed by atoms with Gasteiger partial charge in [-0.2, -0.15) is 13.2 Å². The number of aryl methyl sites for hydroxylation is 1. The highest BCUT2D eigenvalue weighted by Crippen LogP contribution is 2.19. The second-order valence-electron chi connectivity index (χ2n) is 2.39. The smallest absolute Gasteiger partial charge is 0.422 e. The zero-order valence-corrected chi connectivity index (χ0v) is 6.89. The minimum Gasteiger partial charge on any atom is -0.454 e. The van der Waals surface area contributed by atoms with E-state index in [1.54, 1.807) is 0 Å². The number of hydrogen-bond donors (Lipinski definition) is 0. The van der Waals surface area contributed by atoms with E-state index in [1.807, 2.05) is 6.92 Å². The number of hydrogen-bond acceptors (Lipinski definition) is 3. The molecule has 0 aliphatic rings. The summed E-state index contributed by atoms with van der Waals surface area (Å²) in [5, 5.41) is 3.47. The molecule has 0 N–H and O–H groups in total. The monoisotopic (exact) mass is 195 g/mol. The molecule has 0 radical (unpaired) electrons. The number of nitrogens with zero attached hydrogens (tertiary/aromatic N) is 1. The predicted octanol–water partition coefficient (Wildman–Crippen LogP) is 2.18. The lowest BCUT2D eigenvalue weighted by Crippen LogP contribution is -2.18. The summed E-state index contributed by atoms with van der Waals surface area (Å²) >= 11 is 0. The third kappa shape index (κ3) is 3.35. The van der Waals surface area contributed by atoms with E-state index in [0.29, 0.717) is 12.1 Å². The van der Waals surface area contributed by atoms with Crippen molar-refractivity contribution in [2.75, 3.05) is 6.61 Å². The molecule has 0 aliphatic carbocycles. The molecule has 0 atom stereocenters. The fourth-order valence-corrected chi connectivity index (χ4v) is 0.680. The van der Waals surface area contributed by atoms with Crippen molar-refractivity contribution in [2.24, 2.45) is 0 Å². The third-order valence-electron chi connectivity index (χ3n) is 1.28. The Morgan fingerprint density at radius 1 is 1.54 bits per heavy atom. The van der Waals surface area contributed by atoms with Crippen LogP contribution in [0.1, 0.15) is 12.6 Å². The lowest BCUT2D eigenvalue weighted by Gasteiger charge is -2.04. The fourth-order valence-electron chi connectivity index (χ4n) is 0.680. The molecule has 1 aromatic rings. The molecule has 0 saturated carbocycles. The van der Waals surface area contributed by atoms with Gasteiger partial charge in [0.1, 0.15) is 0 Å². The van der Waals surface area contributed by atoms with Crippen LogP contribution in [0.2, 0.25) is 0 Å². The number of halogens is 3. The van der Waals surface area contributed by atoms with E-state index >= 15 is 0 Å². The van der Waals surface area contributed by atoms with Gasteiger partial charge in [-0.25, -0.2) is 0 Å².